The normalized spacial score (nSPS) is 31.9. The molecule has 2 fully saturated rings. The predicted octanol–water partition coefficient (Wildman–Crippen LogP) is 4.29. The van der Waals surface area contributed by atoms with E-state index in [9.17, 15) is 0 Å². The Morgan fingerprint density at radius 3 is 2.23 bits per heavy atom. The van der Waals surface area contributed by atoms with Crippen LogP contribution in [0.25, 0.3) is 0 Å². The topological polar surface area (TPSA) is 39.7 Å². The standard InChI is InChI=1S/C16H30O2.C2H7NO/c1-5-9-15(3,4)13-7-10-16(11-8-13)17-12-14(6-2)18-16;1-3-4-2/h13-14H,5-12H2,1-4H3;3H,1-2H3. The molecular weight excluding hydrogens is 278 g/mol. The van der Waals surface area contributed by atoms with Crippen molar-refractivity contribution in [1.82, 2.24) is 5.48 Å². The molecule has 22 heavy (non-hydrogen) atoms. The summed E-state index contributed by atoms with van der Waals surface area (Å²) in [5, 5.41) is 0. The van der Waals surface area contributed by atoms with E-state index in [4.69, 9.17) is 9.47 Å². The van der Waals surface area contributed by atoms with Gasteiger partial charge in [-0.3, -0.25) is 0 Å². The number of hydroxylamine groups is 1. The van der Waals surface area contributed by atoms with Crippen LogP contribution in [-0.4, -0.2) is 32.7 Å². The smallest absolute Gasteiger partial charge is 0.168 e. The lowest BCUT2D eigenvalue weighted by atomic mass is 9.68. The minimum Gasteiger partial charge on any atom is -0.347 e. The fourth-order valence-corrected chi connectivity index (χ4v) is 3.77. The van der Waals surface area contributed by atoms with Gasteiger partial charge in [0.1, 0.15) is 0 Å². The molecule has 0 aromatic heterocycles. The monoisotopic (exact) mass is 315 g/mol. The number of rotatable bonds is 5. The highest BCUT2D eigenvalue weighted by molar-refractivity contribution is 4.89. The van der Waals surface area contributed by atoms with Crippen molar-refractivity contribution in [2.45, 2.75) is 84.5 Å². The van der Waals surface area contributed by atoms with Gasteiger partial charge in [0.05, 0.1) is 19.8 Å². The summed E-state index contributed by atoms with van der Waals surface area (Å²) in [5.41, 5.74) is 2.92. The zero-order valence-electron chi connectivity index (χ0n) is 15.5. The van der Waals surface area contributed by atoms with Gasteiger partial charge in [-0.2, -0.15) is 0 Å². The molecule has 4 nitrogen and oxygen atoms in total. The van der Waals surface area contributed by atoms with Gasteiger partial charge in [0.25, 0.3) is 0 Å². The molecule has 1 atom stereocenters. The van der Waals surface area contributed by atoms with Gasteiger partial charge in [-0.15, -0.1) is 0 Å². The largest absolute Gasteiger partial charge is 0.347 e. The highest BCUT2D eigenvalue weighted by atomic mass is 16.7. The summed E-state index contributed by atoms with van der Waals surface area (Å²) in [6, 6.07) is 0. The maximum atomic E-state index is 6.14. The van der Waals surface area contributed by atoms with Crippen LogP contribution in [0.3, 0.4) is 0 Å². The highest BCUT2D eigenvalue weighted by Crippen LogP contribution is 2.47. The molecule has 1 saturated carbocycles. The van der Waals surface area contributed by atoms with Crippen LogP contribution in [-0.2, 0) is 14.3 Å². The summed E-state index contributed by atoms with van der Waals surface area (Å²) >= 11 is 0. The van der Waals surface area contributed by atoms with Crippen LogP contribution in [0.1, 0.15) is 72.6 Å². The third-order valence-corrected chi connectivity index (χ3v) is 5.32. The first kappa shape index (κ1) is 19.9. The van der Waals surface area contributed by atoms with Crippen LogP contribution in [0.2, 0.25) is 0 Å². The van der Waals surface area contributed by atoms with E-state index in [1.165, 1.54) is 25.7 Å². The van der Waals surface area contributed by atoms with Crippen LogP contribution < -0.4 is 5.48 Å². The van der Waals surface area contributed by atoms with E-state index in [-0.39, 0.29) is 5.79 Å². The van der Waals surface area contributed by atoms with Crippen LogP contribution in [0.15, 0.2) is 0 Å². The van der Waals surface area contributed by atoms with Gasteiger partial charge >= 0.3 is 0 Å². The van der Waals surface area contributed by atoms with Crippen LogP contribution in [0.4, 0.5) is 0 Å². The molecule has 0 aromatic carbocycles. The van der Waals surface area contributed by atoms with E-state index >= 15 is 0 Å². The quantitative estimate of drug-likeness (QED) is 0.768. The molecule has 4 heteroatoms. The van der Waals surface area contributed by atoms with Crippen LogP contribution in [0, 0.1) is 11.3 Å². The first-order chi connectivity index (χ1) is 10.4. The molecule has 0 amide bonds. The lowest BCUT2D eigenvalue weighted by Gasteiger charge is -2.42. The minimum atomic E-state index is -0.209. The molecule has 132 valence electrons. The van der Waals surface area contributed by atoms with Crippen molar-refractivity contribution in [3.63, 3.8) is 0 Å². The maximum Gasteiger partial charge on any atom is 0.168 e. The molecule has 2 rings (SSSR count). The van der Waals surface area contributed by atoms with Gasteiger partial charge in [0.15, 0.2) is 5.79 Å². The van der Waals surface area contributed by atoms with Crippen molar-refractivity contribution < 1.29 is 14.3 Å². The minimum absolute atomic E-state index is 0.209. The van der Waals surface area contributed by atoms with Crippen LogP contribution in [0.5, 0.6) is 0 Å². The number of hydrogen-bond donors (Lipinski definition) is 1. The fourth-order valence-electron chi connectivity index (χ4n) is 3.77. The Kier molecular flexibility index (Phi) is 8.33. The molecule has 1 spiro atoms. The Balaban J connectivity index is 0.000000541. The van der Waals surface area contributed by atoms with Crippen molar-refractivity contribution in [2.75, 3.05) is 20.8 Å². The molecule has 0 aromatic rings. The Bertz CT molecular complexity index is 297. The van der Waals surface area contributed by atoms with E-state index < -0.39 is 0 Å². The Morgan fingerprint density at radius 1 is 1.23 bits per heavy atom. The number of hydrogen-bond acceptors (Lipinski definition) is 4. The first-order valence-electron chi connectivity index (χ1n) is 8.94. The molecule has 1 aliphatic carbocycles. The van der Waals surface area contributed by atoms with Gasteiger partial charge in [-0.25, -0.2) is 5.48 Å². The molecule has 1 heterocycles. The van der Waals surface area contributed by atoms with Crippen LogP contribution >= 0.6 is 0 Å². The molecule has 1 N–H and O–H groups in total. The average molecular weight is 315 g/mol. The SMILES string of the molecule is CCCC(C)(C)C1CCC2(CC1)OCC(CC)O2.CNOC. The zero-order valence-corrected chi connectivity index (χ0v) is 15.5. The number of nitrogens with one attached hydrogen (secondary N) is 1. The Hall–Kier alpha value is -0.160. The molecular formula is C18H37NO3. The van der Waals surface area contributed by atoms with E-state index in [0.717, 1.165) is 31.8 Å². The molecule has 1 unspecified atom stereocenters. The van der Waals surface area contributed by atoms with E-state index in [1.807, 2.05) is 0 Å². The van der Waals surface area contributed by atoms with E-state index in [0.29, 0.717) is 11.5 Å². The lowest BCUT2D eigenvalue weighted by molar-refractivity contribution is -0.197. The van der Waals surface area contributed by atoms with Gasteiger partial charge in [-0.05, 0) is 37.0 Å². The fraction of sp³-hybridized carbons (Fsp3) is 1.00. The Labute approximate surface area is 137 Å². The van der Waals surface area contributed by atoms with Gasteiger partial charge in [0.2, 0.25) is 0 Å². The summed E-state index contributed by atoms with van der Waals surface area (Å²) in [6.45, 7) is 10.2. The van der Waals surface area contributed by atoms with Crippen molar-refractivity contribution in [3.8, 4) is 0 Å². The second kappa shape index (κ2) is 9.21. The zero-order chi connectivity index (χ0) is 16.6. The predicted molar refractivity (Wildman–Crippen MR) is 90.6 cm³/mol. The molecule has 1 saturated heterocycles. The van der Waals surface area contributed by atoms with Crippen molar-refractivity contribution in [1.29, 1.82) is 0 Å². The van der Waals surface area contributed by atoms with Crippen molar-refractivity contribution in [2.24, 2.45) is 11.3 Å². The molecule has 0 radical (unpaired) electrons. The summed E-state index contributed by atoms with van der Waals surface area (Å²) in [7, 11) is 3.28. The lowest BCUT2D eigenvalue weighted by Crippen LogP contribution is -2.39. The highest BCUT2D eigenvalue weighted by Gasteiger charge is 2.45. The van der Waals surface area contributed by atoms with E-state index in [1.54, 1.807) is 14.2 Å². The third-order valence-electron chi connectivity index (χ3n) is 5.32. The molecule has 0 bridgehead atoms. The molecule has 1 aliphatic heterocycles. The van der Waals surface area contributed by atoms with Crippen molar-refractivity contribution in [3.05, 3.63) is 0 Å². The van der Waals surface area contributed by atoms with Gasteiger partial charge in [-0.1, -0.05) is 34.1 Å². The second-order valence-electron chi connectivity index (χ2n) is 7.29. The maximum absolute atomic E-state index is 6.14. The summed E-state index contributed by atoms with van der Waals surface area (Å²) in [6.07, 6.45) is 8.77. The third kappa shape index (κ3) is 5.48. The summed E-state index contributed by atoms with van der Waals surface area (Å²) < 4.78 is 12.1. The Morgan fingerprint density at radius 2 is 1.82 bits per heavy atom. The summed E-state index contributed by atoms with van der Waals surface area (Å²) in [4.78, 5) is 4.29. The first-order valence-corrected chi connectivity index (χ1v) is 8.94. The van der Waals surface area contributed by atoms with E-state index in [2.05, 4.69) is 38.0 Å². The summed E-state index contributed by atoms with van der Waals surface area (Å²) in [5.74, 6) is 0.635. The van der Waals surface area contributed by atoms with Gasteiger partial charge in [0, 0.05) is 19.9 Å². The van der Waals surface area contributed by atoms with Gasteiger partial charge < -0.3 is 14.3 Å². The molecule has 2 aliphatic rings. The second-order valence-corrected chi connectivity index (χ2v) is 7.29. The number of ether oxygens (including phenoxy) is 2. The van der Waals surface area contributed by atoms with Crippen molar-refractivity contribution >= 4 is 0 Å². The average Bonchev–Trinajstić information content (AvgIpc) is 2.91.